The standard InChI is InChI=1S/C22H27ClN6O2S2/c1-3-29-19(14(2)31-17-11-7-10-16(23)12-17)25-28-22(29)32-13-18(30)24-21-27-26-20(33-21)15-8-5-4-6-9-15/h7,10-12,14-15H,3-6,8-9,13H2,1-2H3,(H,24,27,30). The van der Waals surface area contributed by atoms with Crippen molar-refractivity contribution in [1.82, 2.24) is 25.0 Å². The first kappa shape index (κ1) is 24.0. The number of nitrogens with one attached hydrogen (secondary N) is 1. The second kappa shape index (κ2) is 11.3. The van der Waals surface area contributed by atoms with Crippen LogP contribution in [-0.2, 0) is 11.3 Å². The summed E-state index contributed by atoms with van der Waals surface area (Å²) in [6, 6.07) is 7.25. The Bertz CT molecular complexity index is 1080. The minimum atomic E-state index is -0.321. The molecule has 11 heteroatoms. The molecule has 1 atom stereocenters. The van der Waals surface area contributed by atoms with E-state index in [4.69, 9.17) is 16.3 Å². The van der Waals surface area contributed by atoms with Gasteiger partial charge < -0.3 is 9.30 Å². The second-order valence-electron chi connectivity index (χ2n) is 7.92. The fourth-order valence-electron chi connectivity index (χ4n) is 3.89. The van der Waals surface area contributed by atoms with E-state index >= 15 is 0 Å². The predicted octanol–water partition coefficient (Wildman–Crippen LogP) is 5.72. The lowest BCUT2D eigenvalue weighted by Crippen LogP contribution is -2.15. The van der Waals surface area contributed by atoms with Crippen molar-refractivity contribution in [3.63, 3.8) is 0 Å². The van der Waals surface area contributed by atoms with Crippen LogP contribution in [0.2, 0.25) is 5.02 Å². The highest BCUT2D eigenvalue weighted by Crippen LogP contribution is 2.35. The summed E-state index contributed by atoms with van der Waals surface area (Å²) < 4.78 is 7.94. The number of aromatic nitrogens is 5. The van der Waals surface area contributed by atoms with Gasteiger partial charge in [-0.2, -0.15) is 0 Å². The number of ether oxygens (including phenoxy) is 1. The van der Waals surface area contributed by atoms with E-state index in [1.165, 1.54) is 42.4 Å². The molecule has 2 aromatic heterocycles. The molecule has 1 amide bonds. The molecule has 0 saturated heterocycles. The van der Waals surface area contributed by atoms with E-state index in [-0.39, 0.29) is 17.8 Å². The zero-order chi connectivity index (χ0) is 23.2. The minimum absolute atomic E-state index is 0.137. The van der Waals surface area contributed by atoms with Crippen molar-refractivity contribution in [2.45, 2.75) is 69.7 Å². The number of amides is 1. The zero-order valence-electron chi connectivity index (χ0n) is 18.7. The van der Waals surface area contributed by atoms with E-state index in [9.17, 15) is 4.79 Å². The summed E-state index contributed by atoms with van der Waals surface area (Å²) in [5, 5.41) is 22.8. The highest BCUT2D eigenvalue weighted by Gasteiger charge is 2.22. The summed E-state index contributed by atoms with van der Waals surface area (Å²) in [5.74, 6) is 1.91. The maximum Gasteiger partial charge on any atom is 0.236 e. The number of anilines is 1. The molecule has 0 radical (unpaired) electrons. The van der Waals surface area contributed by atoms with E-state index in [0.717, 1.165) is 17.8 Å². The largest absolute Gasteiger partial charge is 0.483 e. The second-order valence-corrected chi connectivity index (χ2v) is 10.3. The Morgan fingerprint density at radius 3 is 2.85 bits per heavy atom. The quantitative estimate of drug-likeness (QED) is 0.371. The fraction of sp³-hybridized carbons (Fsp3) is 0.500. The molecule has 0 spiro atoms. The SMILES string of the molecule is CCn1c(SCC(=O)Nc2nnc(C3CCCCC3)s2)nnc1C(C)Oc1cccc(Cl)c1. The van der Waals surface area contributed by atoms with Gasteiger partial charge in [-0.25, -0.2) is 0 Å². The Labute approximate surface area is 206 Å². The molecule has 1 aliphatic carbocycles. The number of halogens is 1. The Morgan fingerprint density at radius 1 is 1.27 bits per heavy atom. The topological polar surface area (TPSA) is 94.8 Å². The van der Waals surface area contributed by atoms with Gasteiger partial charge in [-0.15, -0.1) is 20.4 Å². The van der Waals surface area contributed by atoms with Crippen LogP contribution >= 0.6 is 34.7 Å². The Morgan fingerprint density at radius 2 is 2.09 bits per heavy atom. The molecular formula is C22H27ClN6O2S2. The van der Waals surface area contributed by atoms with Crippen molar-refractivity contribution in [2.75, 3.05) is 11.1 Å². The minimum Gasteiger partial charge on any atom is -0.483 e. The van der Waals surface area contributed by atoms with Crippen LogP contribution in [0.15, 0.2) is 29.4 Å². The molecule has 33 heavy (non-hydrogen) atoms. The van der Waals surface area contributed by atoms with Crippen molar-refractivity contribution < 1.29 is 9.53 Å². The third kappa shape index (κ3) is 6.24. The first-order valence-electron chi connectivity index (χ1n) is 11.1. The number of hydrogen-bond acceptors (Lipinski definition) is 8. The van der Waals surface area contributed by atoms with Crippen LogP contribution in [0.5, 0.6) is 5.75 Å². The smallest absolute Gasteiger partial charge is 0.236 e. The van der Waals surface area contributed by atoms with E-state index < -0.39 is 0 Å². The Hall–Kier alpha value is -2.17. The lowest BCUT2D eigenvalue weighted by atomic mass is 9.90. The molecule has 3 aromatic rings. The molecule has 1 aliphatic rings. The number of rotatable bonds is 9. The number of nitrogens with zero attached hydrogens (tertiary/aromatic N) is 5. The molecule has 1 N–H and O–H groups in total. The third-order valence-electron chi connectivity index (χ3n) is 5.51. The first-order chi connectivity index (χ1) is 16.0. The lowest BCUT2D eigenvalue weighted by molar-refractivity contribution is -0.113. The maximum absolute atomic E-state index is 12.5. The normalized spacial score (nSPS) is 15.4. The van der Waals surface area contributed by atoms with Gasteiger partial charge >= 0.3 is 0 Å². The average molecular weight is 507 g/mol. The number of carbonyl (C=O) groups is 1. The molecular weight excluding hydrogens is 480 g/mol. The summed E-state index contributed by atoms with van der Waals surface area (Å²) >= 11 is 8.87. The summed E-state index contributed by atoms with van der Waals surface area (Å²) in [6.45, 7) is 4.59. The van der Waals surface area contributed by atoms with Crippen LogP contribution in [0, 0.1) is 0 Å². The van der Waals surface area contributed by atoms with Crippen LogP contribution < -0.4 is 10.1 Å². The van der Waals surface area contributed by atoms with Crippen molar-refractivity contribution in [3.8, 4) is 5.75 Å². The van der Waals surface area contributed by atoms with Gasteiger partial charge in [0.05, 0.1) is 5.75 Å². The van der Waals surface area contributed by atoms with Gasteiger partial charge in [0, 0.05) is 17.5 Å². The van der Waals surface area contributed by atoms with Gasteiger partial charge in [-0.3, -0.25) is 10.1 Å². The Balaban J connectivity index is 1.33. The van der Waals surface area contributed by atoms with Gasteiger partial charge in [-0.05, 0) is 44.9 Å². The molecule has 2 heterocycles. The molecule has 8 nitrogen and oxygen atoms in total. The van der Waals surface area contributed by atoms with Gasteiger partial charge in [0.15, 0.2) is 17.1 Å². The van der Waals surface area contributed by atoms with Crippen molar-refractivity contribution in [1.29, 1.82) is 0 Å². The van der Waals surface area contributed by atoms with Crippen LogP contribution in [0.1, 0.15) is 68.8 Å². The van der Waals surface area contributed by atoms with Crippen LogP contribution in [-0.4, -0.2) is 36.6 Å². The average Bonchev–Trinajstić information content (AvgIpc) is 3.45. The molecule has 1 aromatic carbocycles. The van der Waals surface area contributed by atoms with Crippen molar-refractivity contribution >= 4 is 45.7 Å². The van der Waals surface area contributed by atoms with Crippen molar-refractivity contribution in [2.24, 2.45) is 0 Å². The van der Waals surface area contributed by atoms with Gasteiger partial charge in [0.25, 0.3) is 0 Å². The van der Waals surface area contributed by atoms with E-state index in [1.54, 1.807) is 12.1 Å². The monoisotopic (exact) mass is 506 g/mol. The molecule has 4 rings (SSSR count). The third-order valence-corrected chi connectivity index (χ3v) is 7.71. The predicted molar refractivity (Wildman–Crippen MR) is 131 cm³/mol. The summed E-state index contributed by atoms with van der Waals surface area (Å²) in [5.41, 5.74) is 0. The number of hydrogen-bond donors (Lipinski definition) is 1. The summed E-state index contributed by atoms with van der Waals surface area (Å²) in [7, 11) is 0. The Kier molecular flexibility index (Phi) is 8.21. The van der Waals surface area contributed by atoms with Crippen LogP contribution in [0.4, 0.5) is 5.13 Å². The van der Waals surface area contributed by atoms with E-state index in [1.807, 2.05) is 30.5 Å². The lowest BCUT2D eigenvalue weighted by Gasteiger charge is -2.18. The summed E-state index contributed by atoms with van der Waals surface area (Å²) in [4.78, 5) is 12.5. The molecule has 176 valence electrons. The van der Waals surface area contributed by atoms with E-state index in [2.05, 4.69) is 25.7 Å². The zero-order valence-corrected chi connectivity index (χ0v) is 21.0. The number of thioether (sulfide) groups is 1. The molecule has 0 bridgehead atoms. The summed E-state index contributed by atoms with van der Waals surface area (Å²) in [6.07, 6.45) is 5.78. The number of benzene rings is 1. The van der Waals surface area contributed by atoms with Gasteiger partial charge in [0.2, 0.25) is 11.0 Å². The fourth-order valence-corrected chi connectivity index (χ4v) is 5.81. The first-order valence-corrected chi connectivity index (χ1v) is 13.3. The molecule has 0 aliphatic heterocycles. The van der Waals surface area contributed by atoms with Gasteiger partial charge in [-0.1, -0.05) is 60.0 Å². The van der Waals surface area contributed by atoms with E-state index in [0.29, 0.717) is 39.3 Å². The maximum atomic E-state index is 12.5. The number of carbonyl (C=O) groups excluding carboxylic acids is 1. The van der Waals surface area contributed by atoms with Crippen LogP contribution in [0.3, 0.4) is 0 Å². The molecule has 1 unspecified atom stereocenters. The highest BCUT2D eigenvalue weighted by atomic mass is 35.5. The van der Waals surface area contributed by atoms with Crippen molar-refractivity contribution in [3.05, 3.63) is 40.1 Å². The molecule has 1 fully saturated rings. The van der Waals surface area contributed by atoms with Crippen LogP contribution in [0.25, 0.3) is 0 Å². The van der Waals surface area contributed by atoms with Gasteiger partial charge in [0.1, 0.15) is 10.8 Å². The molecule has 1 saturated carbocycles. The highest BCUT2D eigenvalue weighted by molar-refractivity contribution is 7.99.